The van der Waals surface area contributed by atoms with Gasteiger partial charge < -0.3 is 10.6 Å². The van der Waals surface area contributed by atoms with E-state index in [0.717, 1.165) is 6.42 Å². The molecule has 4 nitrogen and oxygen atoms in total. The topological polar surface area (TPSA) is 58.2 Å². The van der Waals surface area contributed by atoms with Gasteiger partial charge in [-0.3, -0.25) is 9.59 Å². The van der Waals surface area contributed by atoms with E-state index in [-0.39, 0.29) is 24.4 Å². The SMILES string of the molecule is C[C@H]1Cc2ccccc2[C@@H]1NC(=O)CNC(=O)c1ccsc1. The molecule has 0 spiro atoms. The Morgan fingerprint density at radius 1 is 1.27 bits per heavy atom. The molecule has 114 valence electrons. The van der Waals surface area contributed by atoms with E-state index >= 15 is 0 Å². The summed E-state index contributed by atoms with van der Waals surface area (Å²) in [4.78, 5) is 23.9. The maximum absolute atomic E-state index is 12.1. The predicted octanol–water partition coefficient (Wildman–Crippen LogP) is 2.53. The van der Waals surface area contributed by atoms with Gasteiger partial charge in [0.25, 0.3) is 5.91 Å². The molecule has 22 heavy (non-hydrogen) atoms. The molecule has 0 saturated carbocycles. The fraction of sp³-hybridized carbons (Fsp3) is 0.294. The number of hydrogen-bond acceptors (Lipinski definition) is 3. The van der Waals surface area contributed by atoms with Gasteiger partial charge in [0.15, 0.2) is 0 Å². The molecular weight excluding hydrogens is 296 g/mol. The lowest BCUT2D eigenvalue weighted by molar-refractivity contribution is -0.121. The number of hydrogen-bond donors (Lipinski definition) is 2. The molecule has 1 aromatic heterocycles. The fourth-order valence-corrected chi connectivity index (χ4v) is 3.53. The van der Waals surface area contributed by atoms with Crippen LogP contribution in [0.2, 0.25) is 0 Å². The van der Waals surface area contributed by atoms with Gasteiger partial charge in [0.2, 0.25) is 5.91 Å². The van der Waals surface area contributed by atoms with Gasteiger partial charge in [-0.2, -0.15) is 11.3 Å². The first-order valence-corrected chi connectivity index (χ1v) is 8.27. The number of nitrogens with one attached hydrogen (secondary N) is 2. The van der Waals surface area contributed by atoms with Crippen LogP contribution in [0.1, 0.15) is 34.5 Å². The summed E-state index contributed by atoms with van der Waals surface area (Å²) in [5, 5.41) is 9.29. The minimum absolute atomic E-state index is 0.0000664. The summed E-state index contributed by atoms with van der Waals surface area (Å²) in [5.41, 5.74) is 3.08. The van der Waals surface area contributed by atoms with Crippen LogP contribution in [-0.2, 0) is 11.2 Å². The van der Waals surface area contributed by atoms with Crippen LogP contribution in [0.25, 0.3) is 0 Å². The molecule has 1 heterocycles. The number of benzene rings is 1. The molecule has 5 heteroatoms. The quantitative estimate of drug-likeness (QED) is 0.911. The van der Waals surface area contributed by atoms with Crippen molar-refractivity contribution in [3.8, 4) is 0 Å². The Morgan fingerprint density at radius 3 is 2.86 bits per heavy atom. The maximum Gasteiger partial charge on any atom is 0.252 e. The van der Waals surface area contributed by atoms with Crippen molar-refractivity contribution in [2.75, 3.05) is 6.54 Å². The van der Waals surface area contributed by atoms with Crippen LogP contribution >= 0.6 is 11.3 Å². The van der Waals surface area contributed by atoms with E-state index in [1.165, 1.54) is 22.5 Å². The summed E-state index contributed by atoms with van der Waals surface area (Å²) < 4.78 is 0. The summed E-state index contributed by atoms with van der Waals surface area (Å²) in [5.74, 6) is 0.00216. The Kier molecular flexibility index (Phi) is 4.24. The number of fused-ring (bicyclic) bond motifs is 1. The summed E-state index contributed by atoms with van der Waals surface area (Å²) in [6.45, 7) is 2.13. The Labute approximate surface area is 133 Å². The van der Waals surface area contributed by atoms with Gasteiger partial charge in [-0.05, 0) is 34.9 Å². The number of carbonyl (C=O) groups is 2. The summed E-state index contributed by atoms with van der Waals surface area (Å²) in [7, 11) is 0. The molecular formula is C17H18N2O2S. The zero-order valence-corrected chi connectivity index (χ0v) is 13.2. The van der Waals surface area contributed by atoms with E-state index < -0.39 is 0 Å². The van der Waals surface area contributed by atoms with Crippen molar-refractivity contribution < 1.29 is 9.59 Å². The van der Waals surface area contributed by atoms with Crippen molar-refractivity contribution in [3.05, 3.63) is 57.8 Å². The Balaban J connectivity index is 1.57. The molecule has 0 aliphatic heterocycles. The third-order valence-electron chi connectivity index (χ3n) is 4.01. The highest BCUT2D eigenvalue weighted by Gasteiger charge is 2.30. The molecule has 2 N–H and O–H groups in total. The standard InChI is InChI=1S/C17H18N2O2S/c1-11-8-12-4-2-3-5-14(12)16(11)19-15(20)9-18-17(21)13-6-7-22-10-13/h2-7,10-11,16H,8-9H2,1H3,(H,18,21)(H,19,20)/t11-,16+/m0/s1. The second-order valence-corrected chi connectivity index (χ2v) is 6.40. The molecule has 2 atom stereocenters. The highest BCUT2D eigenvalue weighted by molar-refractivity contribution is 7.08. The van der Waals surface area contributed by atoms with Gasteiger partial charge in [-0.25, -0.2) is 0 Å². The second kappa shape index (κ2) is 6.32. The van der Waals surface area contributed by atoms with Gasteiger partial charge in [0.1, 0.15) is 0 Å². The largest absolute Gasteiger partial charge is 0.347 e. The van der Waals surface area contributed by atoms with Crippen LogP contribution in [0, 0.1) is 5.92 Å². The number of thiophene rings is 1. The molecule has 1 aromatic carbocycles. The lowest BCUT2D eigenvalue weighted by Crippen LogP contribution is -2.39. The van der Waals surface area contributed by atoms with Gasteiger partial charge in [0, 0.05) is 10.9 Å². The second-order valence-electron chi connectivity index (χ2n) is 5.62. The van der Waals surface area contributed by atoms with Crippen molar-refractivity contribution in [1.82, 2.24) is 10.6 Å². The van der Waals surface area contributed by atoms with E-state index in [1.807, 2.05) is 17.5 Å². The highest BCUT2D eigenvalue weighted by atomic mass is 32.1. The lowest BCUT2D eigenvalue weighted by Gasteiger charge is -2.19. The molecule has 0 bridgehead atoms. The molecule has 1 aliphatic rings. The molecule has 0 saturated heterocycles. The molecule has 0 fully saturated rings. The third kappa shape index (κ3) is 3.04. The third-order valence-corrected chi connectivity index (χ3v) is 4.69. The molecule has 2 aromatic rings. The van der Waals surface area contributed by atoms with Crippen LogP contribution in [-0.4, -0.2) is 18.4 Å². The smallest absolute Gasteiger partial charge is 0.252 e. The number of carbonyl (C=O) groups excluding carboxylic acids is 2. The lowest BCUT2D eigenvalue weighted by atomic mass is 10.0. The highest BCUT2D eigenvalue weighted by Crippen LogP contribution is 2.35. The first kappa shape index (κ1) is 14.8. The minimum atomic E-state index is -0.212. The van der Waals surface area contributed by atoms with Crippen LogP contribution < -0.4 is 10.6 Å². The average molecular weight is 314 g/mol. The van der Waals surface area contributed by atoms with E-state index in [4.69, 9.17) is 0 Å². The van der Waals surface area contributed by atoms with Gasteiger partial charge >= 0.3 is 0 Å². The molecule has 0 radical (unpaired) electrons. The van der Waals surface area contributed by atoms with Crippen molar-refractivity contribution in [2.45, 2.75) is 19.4 Å². The van der Waals surface area contributed by atoms with E-state index in [2.05, 4.69) is 29.7 Å². The van der Waals surface area contributed by atoms with Gasteiger partial charge in [0.05, 0.1) is 12.6 Å². The normalized spacial score (nSPS) is 19.5. The molecule has 3 rings (SSSR count). The molecule has 0 unspecified atom stereocenters. The van der Waals surface area contributed by atoms with Crippen LogP contribution in [0.5, 0.6) is 0 Å². The summed E-state index contributed by atoms with van der Waals surface area (Å²) >= 11 is 1.46. The first-order valence-electron chi connectivity index (χ1n) is 7.32. The Hall–Kier alpha value is -2.14. The van der Waals surface area contributed by atoms with Crippen molar-refractivity contribution in [1.29, 1.82) is 0 Å². The molecule has 2 amide bonds. The van der Waals surface area contributed by atoms with Gasteiger partial charge in [-0.1, -0.05) is 31.2 Å². The van der Waals surface area contributed by atoms with Crippen LogP contribution in [0.4, 0.5) is 0 Å². The minimum Gasteiger partial charge on any atom is -0.347 e. The number of amides is 2. The van der Waals surface area contributed by atoms with Crippen LogP contribution in [0.3, 0.4) is 0 Å². The maximum atomic E-state index is 12.1. The Bertz CT molecular complexity index is 682. The van der Waals surface area contributed by atoms with E-state index in [0.29, 0.717) is 11.5 Å². The predicted molar refractivity (Wildman–Crippen MR) is 86.8 cm³/mol. The van der Waals surface area contributed by atoms with E-state index in [9.17, 15) is 9.59 Å². The summed E-state index contributed by atoms with van der Waals surface area (Å²) in [6.07, 6.45) is 0.975. The zero-order chi connectivity index (χ0) is 15.5. The van der Waals surface area contributed by atoms with E-state index in [1.54, 1.807) is 11.4 Å². The fourth-order valence-electron chi connectivity index (χ4n) is 2.90. The van der Waals surface area contributed by atoms with Gasteiger partial charge in [-0.15, -0.1) is 0 Å². The Morgan fingerprint density at radius 2 is 2.09 bits per heavy atom. The zero-order valence-electron chi connectivity index (χ0n) is 12.3. The summed E-state index contributed by atoms with van der Waals surface area (Å²) in [6, 6.07) is 9.96. The molecule has 1 aliphatic carbocycles. The number of rotatable bonds is 4. The van der Waals surface area contributed by atoms with Crippen molar-refractivity contribution in [3.63, 3.8) is 0 Å². The van der Waals surface area contributed by atoms with Crippen molar-refractivity contribution in [2.24, 2.45) is 5.92 Å². The monoisotopic (exact) mass is 314 g/mol. The van der Waals surface area contributed by atoms with Crippen molar-refractivity contribution >= 4 is 23.2 Å². The average Bonchev–Trinajstić information content (AvgIpc) is 3.14. The first-order chi connectivity index (χ1) is 10.6. The van der Waals surface area contributed by atoms with Crippen LogP contribution in [0.15, 0.2) is 41.1 Å².